The summed E-state index contributed by atoms with van der Waals surface area (Å²) in [4.78, 5) is 27.4. The van der Waals surface area contributed by atoms with Crippen LogP contribution in [-0.2, 0) is 16.6 Å². The average Bonchev–Trinajstić information content (AvgIpc) is 3.02. The summed E-state index contributed by atoms with van der Waals surface area (Å²) in [5.74, 6) is -1.70. The average molecular weight is 674 g/mol. The Morgan fingerprint density at radius 2 is 1.70 bits per heavy atom. The molecular formula is C33H41F2N5O6S. The SMILES string of the molecule is CCCCC1CC(NC(=O)Nc2cc(C(=O)NCCO)c(F)cc2F)CCN1Cc1ccc(Oc2ccc(NS(C)(=O)=O)cc2)cc1. The quantitative estimate of drug-likeness (QED) is 0.158. The lowest BCUT2D eigenvalue weighted by molar-refractivity contribution is 0.0940. The predicted octanol–water partition coefficient (Wildman–Crippen LogP) is 5.20. The molecule has 1 heterocycles. The minimum Gasteiger partial charge on any atom is -0.457 e. The number of rotatable bonds is 14. The van der Waals surface area contributed by atoms with Crippen molar-refractivity contribution in [2.24, 2.45) is 0 Å². The van der Waals surface area contributed by atoms with Crippen LogP contribution in [0.3, 0.4) is 0 Å². The number of anilines is 2. The number of hydrogen-bond donors (Lipinski definition) is 5. The van der Waals surface area contributed by atoms with Gasteiger partial charge in [-0.3, -0.25) is 14.4 Å². The molecule has 5 N–H and O–H groups in total. The van der Waals surface area contributed by atoms with Crippen LogP contribution in [0.4, 0.5) is 25.0 Å². The highest BCUT2D eigenvalue weighted by molar-refractivity contribution is 7.92. The number of nitrogens with one attached hydrogen (secondary N) is 4. The maximum absolute atomic E-state index is 14.5. The number of hydrogen-bond acceptors (Lipinski definition) is 7. The zero-order valence-corrected chi connectivity index (χ0v) is 27.2. The molecule has 3 amide bonds. The van der Waals surface area contributed by atoms with Gasteiger partial charge >= 0.3 is 6.03 Å². The summed E-state index contributed by atoms with van der Waals surface area (Å²) in [6.45, 7) is 3.13. The molecule has 14 heteroatoms. The number of ether oxygens (including phenoxy) is 1. The first-order valence-electron chi connectivity index (χ1n) is 15.5. The topological polar surface area (TPSA) is 149 Å². The highest BCUT2D eigenvalue weighted by Crippen LogP contribution is 2.27. The van der Waals surface area contributed by atoms with Crippen molar-refractivity contribution in [3.05, 3.63) is 83.4 Å². The van der Waals surface area contributed by atoms with Gasteiger partial charge < -0.3 is 25.8 Å². The number of unbranched alkanes of at least 4 members (excludes halogenated alkanes) is 1. The summed E-state index contributed by atoms with van der Waals surface area (Å²) >= 11 is 0. The predicted molar refractivity (Wildman–Crippen MR) is 176 cm³/mol. The third kappa shape index (κ3) is 10.9. The van der Waals surface area contributed by atoms with Gasteiger partial charge in [-0.15, -0.1) is 0 Å². The van der Waals surface area contributed by atoms with Crippen molar-refractivity contribution in [1.82, 2.24) is 15.5 Å². The summed E-state index contributed by atoms with van der Waals surface area (Å²) < 4.78 is 59.8. The minimum absolute atomic E-state index is 0.0958. The first-order chi connectivity index (χ1) is 22.4. The Hall–Kier alpha value is -4.27. The number of sulfonamides is 1. The van der Waals surface area contributed by atoms with Crippen molar-refractivity contribution in [2.45, 2.75) is 57.7 Å². The summed E-state index contributed by atoms with van der Waals surface area (Å²) in [6.07, 6.45) is 5.44. The van der Waals surface area contributed by atoms with Gasteiger partial charge in [0.05, 0.1) is 24.1 Å². The second-order valence-corrected chi connectivity index (χ2v) is 13.3. The van der Waals surface area contributed by atoms with E-state index < -0.39 is 39.2 Å². The van der Waals surface area contributed by atoms with Crippen LogP contribution in [0.15, 0.2) is 60.7 Å². The molecule has 0 saturated carbocycles. The number of carbonyl (C=O) groups excluding carboxylic acids is 2. The number of piperidine rings is 1. The van der Waals surface area contributed by atoms with Crippen LogP contribution in [0.1, 0.15) is 54.9 Å². The van der Waals surface area contributed by atoms with Crippen LogP contribution in [0.5, 0.6) is 11.5 Å². The maximum Gasteiger partial charge on any atom is 0.319 e. The van der Waals surface area contributed by atoms with E-state index in [1.165, 1.54) is 0 Å². The number of aliphatic hydroxyl groups is 1. The highest BCUT2D eigenvalue weighted by Gasteiger charge is 2.29. The first kappa shape index (κ1) is 35.6. The van der Waals surface area contributed by atoms with E-state index in [1.807, 2.05) is 24.3 Å². The number of nitrogens with zero attached hydrogens (tertiary/aromatic N) is 1. The molecule has 2 atom stereocenters. The second-order valence-electron chi connectivity index (χ2n) is 11.5. The number of benzene rings is 3. The number of amides is 3. The van der Waals surface area contributed by atoms with E-state index in [-0.39, 0.29) is 30.9 Å². The Morgan fingerprint density at radius 3 is 2.34 bits per heavy atom. The van der Waals surface area contributed by atoms with Crippen molar-refractivity contribution in [2.75, 3.05) is 36.0 Å². The lowest BCUT2D eigenvalue weighted by Crippen LogP contribution is -2.50. The summed E-state index contributed by atoms with van der Waals surface area (Å²) in [6, 6.07) is 15.3. The summed E-state index contributed by atoms with van der Waals surface area (Å²) in [5.41, 5.74) is 0.776. The van der Waals surface area contributed by atoms with Crippen LogP contribution in [-0.4, -0.2) is 68.4 Å². The van der Waals surface area contributed by atoms with Crippen LogP contribution >= 0.6 is 0 Å². The van der Waals surface area contributed by atoms with Gasteiger partial charge in [-0.2, -0.15) is 0 Å². The first-order valence-corrected chi connectivity index (χ1v) is 17.4. The van der Waals surface area contributed by atoms with Gasteiger partial charge in [-0.1, -0.05) is 31.9 Å². The molecule has 254 valence electrons. The van der Waals surface area contributed by atoms with Gasteiger partial charge in [0.1, 0.15) is 23.1 Å². The third-order valence-electron chi connectivity index (χ3n) is 7.71. The molecule has 1 saturated heterocycles. The fraction of sp³-hybridized carbons (Fsp3) is 0.394. The van der Waals surface area contributed by atoms with Crippen LogP contribution < -0.4 is 25.4 Å². The van der Waals surface area contributed by atoms with Crippen LogP contribution in [0, 0.1) is 11.6 Å². The van der Waals surface area contributed by atoms with E-state index in [9.17, 15) is 26.8 Å². The zero-order valence-electron chi connectivity index (χ0n) is 26.4. The lowest BCUT2D eigenvalue weighted by atomic mass is 9.93. The van der Waals surface area contributed by atoms with E-state index in [0.717, 1.165) is 43.7 Å². The van der Waals surface area contributed by atoms with E-state index in [2.05, 4.69) is 32.5 Å². The van der Waals surface area contributed by atoms with Crippen molar-refractivity contribution in [3.8, 4) is 11.5 Å². The molecular weight excluding hydrogens is 632 g/mol. The van der Waals surface area contributed by atoms with Crippen LogP contribution in [0.25, 0.3) is 0 Å². The van der Waals surface area contributed by atoms with Crippen molar-refractivity contribution < 1.29 is 36.6 Å². The minimum atomic E-state index is -3.36. The van der Waals surface area contributed by atoms with E-state index >= 15 is 0 Å². The Morgan fingerprint density at radius 1 is 1.02 bits per heavy atom. The number of halogens is 2. The monoisotopic (exact) mass is 673 g/mol. The Labute approximate surface area is 273 Å². The lowest BCUT2D eigenvalue weighted by Gasteiger charge is -2.40. The van der Waals surface area contributed by atoms with Gasteiger partial charge in [-0.05, 0) is 67.3 Å². The molecule has 1 aliphatic heterocycles. The molecule has 2 unspecified atom stereocenters. The molecule has 1 fully saturated rings. The smallest absolute Gasteiger partial charge is 0.319 e. The fourth-order valence-electron chi connectivity index (χ4n) is 5.44. The number of urea groups is 1. The maximum atomic E-state index is 14.5. The normalized spacial score (nSPS) is 16.7. The Balaban J connectivity index is 1.33. The Kier molecular flexibility index (Phi) is 12.5. The number of carbonyl (C=O) groups is 2. The summed E-state index contributed by atoms with van der Waals surface area (Å²) in [5, 5.41) is 16.5. The highest BCUT2D eigenvalue weighted by atomic mass is 32.2. The third-order valence-corrected chi connectivity index (χ3v) is 8.32. The van der Waals surface area contributed by atoms with Crippen molar-refractivity contribution in [3.63, 3.8) is 0 Å². The van der Waals surface area contributed by atoms with Crippen molar-refractivity contribution >= 4 is 33.3 Å². The summed E-state index contributed by atoms with van der Waals surface area (Å²) in [7, 11) is -3.36. The molecule has 0 bridgehead atoms. The molecule has 3 aromatic carbocycles. The van der Waals surface area contributed by atoms with Gasteiger partial charge in [0.15, 0.2) is 0 Å². The number of likely N-dealkylation sites (tertiary alicyclic amines) is 1. The molecule has 0 spiro atoms. The molecule has 0 aliphatic carbocycles. The Bertz CT molecular complexity index is 1620. The number of aliphatic hydroxyl groups excluding tert-OH is 1. The molecule has 4 rings (SSSR count). The van der Waals surface area contributed by atoms with E-state index in [0.29, 0.717) is 42.6 Å². The molecule has 1 aliphatic rings. The molecule has 3 aromatic rings. The van der Waals surface area contributed by atoms with E-state index in [1.54, 1.807) is 24.3 Å². The van der Waals surface area contributed by atoms with Crippen molar-refractivity contribution in [1.29, 1.82) is 0 Å². The van der Waals surface area contributed by atoms with Gasteiger partial charge in [-0.25, -0.2) is 22.0 Å². The molecule has 11 nitrogen and oxygen atoms in total. The van der Waals surface area contributed by atoms with Gasteiger partial charge in [0.25, 0.3) is 5.91 Å². The standard InChI is InChI=1S/C33H41F2N5O6S/c1-3-4-5-25-18-24(37-33(43)38-31-19-28(29(34)20-30(31)35)32(42)36-15-17-41)14-16-40(25)21-22-6-10-26(11-7-22)46-27-12-8-23(9-13-27)39-47(2,44)45/h6-13,19-20,24-25,39,41H,3-5,14-18,21H2,1-2H3,(H,36,42)(H2,37,38,43). The van der Waals surface area contributed by atoms with Gasteiger partial charge in [0.2, 0.25) is 10.0 Å². The molecule has 0 radical (unpaired) electrons. The fourth-order valence-corrected chi connectivity index (χ4v) is 6.01. The largest absolute Gasteiger partial charge is 0.457 e. The molecule has 0 aromatic heterocycles. The van der Waals surface area contributed by atoms with Gasteiger partial charge in [0, 0.05) is 43.5 Å². The van der Waals surface area contributed by atoms with E-state index in [4.69, 9.17) is 9.84 Å². The van der Waals surface area contributed by atoms with Crippen LogP contribution in [0.2, 0.25) is 0 Å². The zero-order chi connectivity index (χ0) is 34.0. The molecule has 47 heavy (non-hydrogen) atoms. The second kappa shape index (κ2) is 16.5.